The van der Waals surface area contributed by atoms with Crippen LogP contribution < -0.4 is 4.74 Å². The second-order valence-corrected chi connectivity index (χ2v) is 4.02. The molecule has 1 N–H and O–H groups in total. The van der Waals surface area contributed by atoms with Crippen LogP contribution in [0.3, 0.4) is 0 Å². The highest BCUT2D eigenvalue weighted by Crippen LogP contribution is 2.34. The Hall–Kier alpha value is -1.77. The average Bonchev–Trinajstić information content (AvgIpc) is 2.81. The van der Waals surface area contributed by atoms with Crippen molar-refractivity contribution in [3.8, 4) is 17.1 Å². The number of benzene rings is 1. The summed E-state index contributed by atoms with van der Waals surface area (Å²) in [5, 5.41) is 0. The zero-order valence-electron chi connectivity index (χ0n) is 9.82. The number of hydrogen-bond acceptors (Lipinski definition) is 2. The molecule has 3 heteroatoms. The van der Waals surface area contributed by atoms with Crippen molar-refractivity contribution >= 4 is 0 Å². The highest BCUT2D eigenvalue weighted by Gasteiger charge is 2.14. The van der Waals surface area contributed by atoms with Crippen LogP contribution in [0.4, 0.5) is 0 Å². The molecule has 84 valence electrons. The van der Waals surface area contributed by atoms with Crippen molar-refractivity contribution in [2.24, 2.45) is 0 Å². The Kier molecular flexibility index (Phi) is 2.95. The van der Waals surface area contributed by atoms with Gasteiger partial charge in [0.05, 0.1) is 12.7 Å². The van der Waals surface area contributed by atoms with Crippen LogP contribution in [0.1, 0.15) is 25.3 Å². The summed E-state index contributed by atoms with van der Waals surface area (Å²) in [7, 11) is 1.70. The highest BCUT2D eigenvalue weighted by atomic mass is 16.5. The molecule has 1 heterocycles. The van der Waals surface area contributed by atoms with E-state index in [4.69, 9.17) is 4.74 Å². The first kappa shape index (κ1) is 10.7. The maximum atomic E-state index is 5.50. The lowest BCUT2D eigenvalue weighted by Gasteiger charge is -2.14. The van der Waals surface area contributed by atoms with Crippen molar-refractivity contribution < 1.29 is 4.74 Å². The summed E-state index contributed by atoms with van der Waals surface area (Å²) in [5.41, 5.74) is 2.22. The molecule has 0 saturated carbocycles. The van der Waals surface area contributed by atoms with Gasteiger partial charge in [0, 0.05) is 12.4 Å². The summed E-state index contributed by atoms with van der Waals surface area (Å²) >= 11 is 0. The minimum atomic E-state index is 0.435. The molecule has 1 aromatic heterocycles. The van der Waals surface area contributed by atoms with E-state index in [1.54, 1.807) is 13.3 Å². The molecule has 0 atom stereocenters. The smallest absolute Gasteiger partial charge is 0.141 e. The molecule has 0 unspecified atom stereocenters. The van der Waals surface area contributed by atoms with Crippen LogP contribution >= 0.6 is 0 Å². The number of rotatable bonds is 3. The van der Waals surface area contributed by atoms with Gasteiger partial charge in [-0.25, -0.2) is 4.98 Å². The number of imidazole rings is 1. The van der Waals surface area contributed by atoms with Crippen molar-refractivity contribution in [2.75, 3.05) is 7.11 Å². The number of H-pyrrole nitrogens is 1. The lowest BCUT2D eigenvalue weighted by Crippen LogP contribution is -1.97. The van der Waals surface area contributed by atoms with E-state index < -0.39 is 0 Å². The Morgan fingerprint density at radius 3 is 2.69 bits per heavy atom. The molecule has 1 aromatic carbocycles. The molecular weight excluding hydrogens is 200 g/mol. The van der Waals surface area contributed by atoms with E-state index in [0.29, 0.717) is 5.92 Å². The van der Waals surface area contributed by atoms with Gasteiger partial charge in [0.2, 0.25) is 0 Å². The van der Waals surface area contributed by atoms with E-state index in [1.807, 2.05) is 18.3 Å². The maximum absolute atomic E-state index is 5.50. The Bertz CT molecular complexity index is 461. The predicted octanol–water partition coefficient (Wildman–Crippen LogP) is 3.21. The standard InChI is InChI=1S/C13H16N2O/c1-9(2)10-5-4-6-11(12(10)16-3)13-14-7-8-15-13/h4-9H,1-3H3,(H,14,15). The molecule has 2 aromatic rings. The van der Waals surface area contributed by atoms with E-state index >= 15 is 0 Å². The fourth-order valence-corrected chi connectivity index (χ4v) is 1.84. The molecule has 0 saturated heterocycles. The first-order chi connectivity index (χ1) is 7.74. The quantitative estimate of drug-likeness (QED) is 0.855. The minimum absolute atomic E-state index is 0.435. The van der Waals surface area contributed by atoms with Crippen LogP contribution in [0.15, 0.2) is 30.6 Å². The van der Waals surface area contributed by atoms with Gasteiger partial charge in [0.25, 0.3) is 0 Å². The van der Waals surface area contributed by atoms with Gasteiger partial charge in [-0.05, 0) is 17.5 Å². The number of nitrogens with zero attached hydrogens (tertiary/aromatic N) is 1. The van der Waals surface area contributed by atoms with Gasteiger partial charge in [-0.2, -0.15) is 0 Å². The number of ether oxygens (including phenoxy) is 1. The average molecular weight is 216 g/mol. The van der Waals surface area contributed by atoms with Crippen LogP contribution in [0.25, 0.3) is 11.4 Å². The van der Waals surface area contributed by atoms with Crippen LogP contribution in [0.5, 0.6) is 5.75 Å². The van der Waals surface area contributed by atoms with Crippen molar-refractivity contribution in [1.82, 2.24) is 9.97 Å². The monoisotopic (exact) mass is 216 g/mol. The zero-order chi connectivity index (χ0) is 11.5. The van der Waals surface area contributed by atoms with Crippen molar-refractivity contribution in [2.45, 2.75) is 19.8 Å². The molecule has 0 bridgehead atoms. The van der Waals surface area contributed by atoms with Crippen molar-refractivity contribution in [3.05, 3.63) is 36.2 Å². The second-order valence-electron chi connectivity index (χ2n) is 4.02. The first-order valence-electron chi connectivity index (χ1n) is 5.40. The predicted molar refractivity (Wildman–Crippen MR) is 64.7 cm³/mol. The molecule has 3 nitrogen and oxygen atoms in total. The molecule has 0 aliphatic heterocycles. The number of para-hydroxylation sites is 1. The molecule has 16 heavy (non-hydrogen) atoms. The third kappa shape index (κ3) is 1.81. The number of aromatic nitrogens is 2. The Morgan fingerprint density at radius 2 is 2.12 bits per heavy atom. The molecule has 0 amide bonds. The highest BCUT2D eigenvalue weighted by molar-refractivity contribution is 5.67. The lowest BCUT2D eigenvalue weighted by atomic mass is 9.99. The van der Waals surface area contributed by atoms with Gasteiger partial charge < -0.3 is 9.72 Å². The molecule has 0 aliphatic rings. The van der Waals surface area contributed by atoms with E-state index in [2.05, 4.69) is 29.9 Å². The van der Waals surface area contributed by atoms with Crippen LogP contribution in [-0.2, 0) is 0 Å². The number of nitrogens with one attached hydrogen (secondary N) is 1. The zero-order valence-corrected chi connectivity index (χ0v) is 9.82. The van der Waals surface area contributed by atoms with Gasteiger partial charge in [-0.1, -0.05) is 26.0 Å². The van der Waals surface area contributed by atoms with Crippen molar-refractivity contribution in [3.63, 3.8) is 0 Å². The van der Waals surface area contributed by atoms with Gasteiger partial charge in [0.15, 0.2) is 0 Å². The SMILES string of the molecule is COc1c(-c2ncc[nH]2)cccc1C(C)C. The van der Waals surface area contributed by atoms with Crippen molar-refractivity contribution in [1.29, 1.82) is 0 Å². The molecule has 0 radical (unpaired) electrons. The first-order valence-corrected chi connectivity index (χ1v) is 5.40. The third-order valence-electron chi connectivity index (χ3n) is 2.62. The van der Waals surface area contributed by atoms with Gasteiger partial charge in [0.1, 0.15) is 11.6 Å². The summed E-state index contributed by atoms with van der Waals surface area (Å²) in [6, 6.07) is 6.15. The van der Waals surface area contributed by atoms with Crippen LogP contribution in [0.2, 0.25) is 0 Å². The second kappa shape index (κ2) is 4.39. The molecule has 2 rings (SSSR count). The van der Waals surface area contributed by atoms with E-state index in [0.717, 1.165) is 17.1 Å². The summed E-state index contributed by atoms with van der Waals surface area (Å²) in [6.07, 6.45) is 3.56. The molecule has 0 aliphatic carbocycles. The van der Waals surface area contributed by atoms with Gasteiger partial charge >= 0.3 is 0 Å². The molecule has 0 spiro atoms. The summed E-state index contributed by atoms with van der Waals surface area (Å²) in [5.74, 6) is 2.19. The van der Waals surface area contributed by atoms with E-state index in [-0.39, 0.29) is 0 Å². The fourth-order valence-electron chi connectivity index (χ4n) is 1.84. The third-order valence-corrected chi connectivity index (χ3v) is 2.62. The largest absolute Gasteiger partial charge is 0.496 e. The van der Waals surface area contributed by atoms with E-state index in [9.17, 15) is 0 Å². The topological polar surface area (TPSA) is 37.9 Å². The van der Waals surface area contributed by atoms with E-state index in [1.165, 1.54) is 5.56 Å². The number of aromatic amines is 1. The maximum Gasteiger partial charge on any atom is 0.141 e. The fraction of sp³-hybridized carbons (Fsp3) is 0.308. The normalized spacial score (nSPS) is 10.8. The Balaban J connectivity index is 2.58. The molecule has 0 fully saturated rings. The van der Waals surface area contributed by atoms with Crippen LogP contribution in [0, 0.1) is 0 Å². The summed E-state index contributed by atoms with van der Waals surface area (Å²) in [6.45, 7) is 4.31. The number of methoxy groups -OCH3 is 1. The van der Waals surface area contributed by atoms with Gasteiger partial charge in [-0.3, -0.25) is 0 Å². The Labute approximate surface area is 95.5 Å². The summed E-state index contributed by atoms with van der Waals surface area (Å²) < 4.78 is 5.50. The number of hydrogen-bond donors (Lipinski definition) is 1. The Morgan fingerprint density at radius 1 is 1.31 bits per heavy atom. The summed E-state index contributed by atoms with van der Waals surface area (Å²) in [4.78, 5) is 7.36. The van der Waals surface area contributed by atoms with Gasteiger partial charge in [-0.15, -0.1) is 0 Å². The van der Waals surface area contributed by atoms with Crippen LogP contribution in [-0.4, -0.2) is 17.1 Å². The molecular formula is C13H16N2O. The lowest BCUT2D eigenvalue weighted by molar-refractivity contribution is 0.409. The minimum Gasteiger partial charge on any atom is -0.496 e.